The number of hydrogen-bond donors (Lipinski definition) is 3. The van der Waals surface area contributed by atoms with Crippen LogP contribution in [0, 0.1) is 0 Å². The van der Waals surface area contributed by atoms with Crippen LogP contribution in [0.3, 0.4) is 0 Å². The predicted octanol–water partition coefficient (Wildman–Crippen LogP) is 4.57. The van der Waals surface area contributed by atoms with Crippen molar-refractivity contribution in [2.45, 2.75) is 75.3 Å². The van der Waals surface area contributed by atoms with Crippen LogP contribution in [0.1, 0.15) is 77.6 Å². The predicted molar refractivity (Wildman–Crippen MR) is 161 cm³/mol. The molecule has 3 aliphatic carbocycles. The van der Waals surface area contributed by atoms with Gasteiger partial charge in [0.25, 0.3) is 0 Å². The van der Waals surface area contributed by atoms with Gasteiger partial charge in [-0.05, 0) is 79.0 Å². The molecule has 1 aliphatic heterocycles. The lowest BCUT2D eigenvalue weighted by atomic mass is 9.79. The van der Waals surface area contributed by atoms with E-state index in [1.165, 1.54) is 14.7 Å². The summed E-state index contributed by atoms with van der Waals surface area (Å²) in [6.45, 7) is -0.192. The van der Waals surface area contributed by atoms with Crippen LogP contribution < -0.4 is 16.3 Å². The summed E-state index contributed by atoms with van der Waals surface area (Å²) in [7, 11) is 0. The number of anilines is 2. The highest BCUT2D eigenvalue weighted by Gasteiger charge is 2.51. The van der Waals surface area contributed by atoms with Crippen LogP contribution in [-0.2, 0) is 40.8 Å². The molecule has 218 valence electrons. The van der Waals surface area contributed by atoms with Gasteiger partial charge in [0.05, 0.1) is 11.1 Å². The summed E-state index contributed by atoms with van der Waals surface area (Å²) in [6.07, 6.45) is 8.17. The van der Waals surface area contributed by atoms with E-state index in [1.54, 1.807) is 6.20 Å². The molecule has 2 aromatic heterocycles. The zero-order valence-corrected chi connectivity index (χ0v) is 23.8. The first kappa shape index (κ1) is 26.0. The summed E-state index contributed by atoms with van der Waals surface area (Å²) in [4.78, 5) is 44.8. The average Bonchev–Trinajstić information content (AvgIpc) is 3.82. The number of pyridine rings is 1. The smallest absolute Gasteiger partial charge is 0.332 e. The normalized spacial score (nSPS) is 22.0. The first-order valence-corrected chi connectivity index (χ1v) is 15.2. The van der Waals surface area contributed by atoms with Crippen LogP contribution >= 0.6 is 0 Å². The van der Waals surface area contributed by atoms with Crippen molar-refractivity contribution in [3.05, 3.63) is 105 Å². The second kappa shape index (κ2) is 9.69. The Hall–Kier alpha value is -4.66. The van der Waals surface area contributed by atoms with Gasteiger partial charge in [0.1, 0.15) is 12.4 Å². The van der Waals surface area contributed by atoms with Crippen LogP contribution in [0.5, 0.6) is 5.88 Å². The second-order valence-electron chi connectivity index (χ2n) is 12.5. The lowest BCUT2D eigenvalue weighted by Gasteiger charge is -2.20. The fourth-order valence-corrected chi connectivity index (χ4v) is 8.09. The molecule has 8 rings (SSSR count). The maximum absolute atomic E-state index is 13.8. The molecule has 43 heavy (non-hydrogen) atoms. The highest BCUT2D eigenvalue weighted by molar-refractivity contribution is 6.06. The van der Waals surface area contributed by atoms with Crippen LogP contribution in [0.4, 0.5) is 11.5 Å². The van der Waals surface area contributed by atoms with Gasteiger partial charge in [-0.3, -0.25) is 18.7 Å². The SMILES string of the molecule is O=C(Cn1c(C2CCc3ccccc32)c(O)n(C2CCCC2)c1=O)Nc1ccc2c(c1)C[C@@]1(C2)C(=O)Nc2ncccc21. The standard InChI is InChI=1S/C34H33N5O4/c40-28(36-23-13-11-21-17-34(18-22(21)16-23)27-10-5-15-35-30(27)37-32(34)42)19-38-29(26-14-12-20-6-1-4-9-25(20)26)31(41)39(33(38)43)24-7-2-3-8-24/h1,4-6,9-11,13,15-16,24,26,41H,2-3,7-8,12,14,17-19H2,(H,36,40)(H,35,37,42)/t26?,34-/m1/s1. The van der Waals surface area contributed by atoms with Crippen molar-refractivity contribution in [3.8, 4) is 5.88 Å². The maximum Gasteiger partial charge on any atom is 0.332 e. The second-order valence-corrected chi connectivity index (χ2v) is 12.5. The first-order valence-electron chi connectivity index (χ1n) is 15.2. The quantitative estimate of drug-likeness (QED) is 0.322. The van der Waals surface area contributed by atoms with E-state index >= 15 is 0 Å². The molecule has 3 N–H and O–H groups in total. The van der Waals surface area contributed by atoms with Crippen molar-refractivity contribution < 1.29 is 14.7 Å². The Kier molecular flexibility index (Phi) is 5.86. The monoisotopic (exact) mass is 575 g/mol. The van der Waals surface area contributed by atoms with Gasteiger partial charge in [0.15, 0.2) is 0 Å². The molecule has 2 atom stereocenters. The van der Waals surface area contributed by atoms with Gasteiger partial charge < -0.3 is 15.7 Å². The maximum atomic E-state index is 13.8. The van der Waals surface area contributed by atoms with Crippen molar-refractivity contribution in [3.63, 3.8) is 0 Å². The molecule has 0 bridgehead atoms. The molecule has 1 saturated carbocycles. The molecule has 1 unspecified atom stereocenters. The Bertz CT molecular complexity index is 1870. The van der Waals surface area contributed by atoms with Crippen molar-refractivity contribution in [1.29, 1.82) is 0 Å². The molecule has 3 heterocycles. The van der Waals surface area contributed by atoms with E-state index in [-0.39, 0.29) is 41.9 Å². The Labute approximate surface area is 248 Å². The number of rotatable bonds is 5. The molecule has 9 nitrogen and oxygen atoms in total. The number of amides is 2. The Morgan fingerprint density at radius 2 is 1.81 bits per heavy atom. The van der Waals surface area contributed by atoms with E-state index in [0.717, 1.165) is 60.8 Å². The fourth-order valence-electron chi connectivity index (χ4n) is 8.09. The molecule has 0 saturated heterocycles. The fraction of sp³-hybridized carbons (Fsp3) is 0.353. The summed E-state index contributed by atoms with van der Waals surface area (Å²) < 4.78 is 3.02. The third-order valence-electron chi connectivity index (χ3n) is 10.1. The number of fused-ring (bicyclic) bond motifs is 4. The molecule has 4 aliphatic rings. The minimum Gasteiger partial charge on any atom is -0.493 e. The summed E-state index contributed by atoms with van der Waals surface area (Å²) in [6, 6.07) is 17.7. The van der Waals surface area contributed by atoms with Crippen molar-refractivity contribution >= 4 is 23.3 Å². The zero-order chi connectivity index (χ0) is 29.3. The minimum absolute atomic E-state index is 0.00107. The lowest BCUT2D eigenvalue weighted by Crippen LogP contribution is -2.35. The van der Waals surface area contributed by atoms with Gasteiger partial charge in [-0.1, -0.05) is 49.2 Å². The number of carbonyl (C=O) groups excluding carboxylic acids is 2. The van der Waals surface area contributed by atoms with Gasteiger partial charge >= 0.3 is 5.69 Å². The third kappa shape index (κ3) is 3.97. The van der Waals surface area contributed by atoms with Crippen LogP contribution in [0.15, 0.2) is 65.6 Å². The van der Waals surface area contributed by atoms with Gasteiger partial charge in [0, 0.05) is 29.4 Å². The van der Waals surface area contributed by atoms with Crippen molar-refractivity contribution in [2.24, 2.45) is 0 Å². The van der Waals surface area contributed by atoms with E-state index in [1.807, 2.05) is 42.5 Å². The summed E-state index contributed by atoms with van der Waals surface area (Å²) in [5.41, 5.74) is 5.46. The highest BCUT2D eigenvalue weighted by atomic mass is 16.3. The number of imidazole rings is 1. The lowest BCUT2D eigenvalue weighted by molar-refractivity contribution is -0.120. The number of aromatic hydroxyl groups is 1. The van der Waals surface area contributed by atoms with Crippen molar-refractivity contribution in [1.82, 2.24) is 14.1 Å². The summed E-state index contributed by atoms with van der Waals surface area (Å²) >= 11 is 0. The molecule has 2 aromatic carbocycles. The number of hydrogen-bond acceptors (Lipinski definition) is 5. The molecule has 9 heteroatoms. The molecular formula is C34H33N5O4. The number of aromatic nitrogens is 3. The van der Waals surface area contributed by atoms with E-state index in [4.69, 9.17) is 0 Å². The Balaban J connectivity index is 1.08. The Morgan fingerprint density at radius 1 is 1.00 bits per heavy atom. The molecular weight excluding hydrogens is 542 g/mol. The topological polar surface area (TPSA) is 118 Å². The molecule has 2 amide bonds. The van der Waals surface area contributed by atoms with E-state index in [2.05, 4.69) is 27.8 Å². The van der Waals surface area contributed by atoms with Gasteiger partial charge in [0.2, 0.25) is 17.7 Å². The Morgan fingerprint density at radius 3 is 2.67 bits per heavy atom. The van der Waals surface area contributed by atoms with Gasteiger partial charge in [-0.15, -0.1) is 0 Å². The van der Waals surface area contributed by atoms with Gasteiger partial charge in [-0.2, -0.15) is 0 Å². The van der Waals surface area contributed by atoms with Crippen LogP contribution in [-0.4, -0.2) is 31.0 Å². The van der Waals surface area contributed by atoms with E-state index in [9.17, 15) is 19.5 Å². The summed E-state index contributed by atoms with van der Waals surface area (Å²) in [5.74, 6) is 0.0889. The highest BCUT2D eigenvalue weighted by Crippen LogP contribution is 2.47. The molecule has 1 fully saturated rings. The molecule has 0 radical (unpaired) electrons. The number of carbonyl (C=O) groups is 2. The number of benzene rings is 2. The average molecular weight is 576 g/mol. The van der Waals surface area contributed by atoms with E-state index in [0.29, 0.717) is 30.0 Å². The van der Waals surface area contributed by atoms with Crippen molar-refractivity contribution in [2.75, 3.05) is 10.6 Å². The minimum atomic E-state index is -0.685. The summed E-state index contributed by atoms with van der Waals surface area (Å²) in [5, 5.41) is 17.4. The largest absolute Gasteiger partial charge is 0.493 e. The number of nitrogens with zero attached hydrogens (tertiary/aromatic N) is 3. The number of aryl methyl sites for hydroxylation is 1. The van der Waals surface area contributed by atoms with Gasteiger partial charge in [-0.25, -0.2) is 9.78 Å². The van der Waals surface area contributed by atoms with Crippen LogP contribution in [0.25, 0.3) is 0 Å². The molecule has 1 spiro atoms. The zero-order valence-electron chi connectivity index (χ0n) is 23.8. The molecule has 4 aromatic rings. The third-order valence-corrected chi connectivity index (χ3v) is 10.1. The first-order chi connectivity index (χ1) is 20.9. The van der Waals surface area contributed by atoms with E-state index < -0.39 is 5.41 Å². The van der Waals surface area contributed by atoms with Crippen LogP contribution in [0.2, 0.25) is 0 Å². The number of nitrogens with one attached hydrogen (secondary N) is 2.